The third-order valence-electron chi connectivity index (χ3n) is 2.69. The Balaban J connectivity index is 2.15. The molecular formula is C13H13FN2O3. The zero-order valence-electron chi connectivity index (χ0n) is 10.2. The van der Waals surface area contributed by atoms with E-state index in [1.165, 1.54) is 18.2 Å². The van der Waals surface area contributed by atoms with Crippen LogP contribution in [0, 0.1) is 5.82 Å². The minimum Gasteiger partial charge on any atom is -0.481 e. The number of benzene rings is 1. The summed E-state index contributed by atoms with van der Waals surface area (Å²) in [6.45, 7) is 1.61. The maximum Gasteiger partial charge on any atom is 0.305 e. The number of carboxylic acid groups (broad SMARTS) is 1. The number of fused-ring (bicyclic) bond motifs is 1. The van der Waals surface area contributed by atoms with Crippen molar-refractivity contribution >= 4 is 22.8 Å². The second-order valence-electron chi connectivity index (χ2n) is 4.39. The second kappa shape index (κ2) is 5.09. The molecule has 0 bridgehead atoms. The summed E-state index contributed by atoms with van der Waals surface area (Å²) in [5.41, 5.74) is 0.926. The molecule has 0 saturated heterocycles. The first-order valence-corrected chi connectivity index (χ1v) is 5.76. The number of hydrogen-bond acceptors (Lipinski definition) is 2. The van der Waals surface area contributed by atoms with Crippen LogP contribution in [0.5, 0.6) is 0 Å². The van der Waals surface area contributed by atoms with E-state index in [2.05, 4.69) is 10.3 Å². The second-order valence-corrected chi connectivity index (χ2v) is 4.39. The highest BCUT2D eigenvalue weighted by atomic mass is 19.1. The predicted molar refractivity (Wildman–Crippen MR) is 67.4 cm³/mol. The van der Waals surface area contributed by atoms with Gasteiger partial charge in [-0.05, 0) is 31.2 Å². The van der Waals surface area contributed by atoms with Crippen LogP contribution in [0.1, 0.15) is 23.8 Å². The maximum absolute atomic E-state index is 13.0. The summed E-state index contributed by atoms with van der Waals surface area (Å²) in [5.74, 6) is -1.77. The molecule has 1 heterocycles. The number of carbonyl (C=O) groups is 2. The molecular weight excluding hydrogens is 251 g/mol. The van der Waals surface area contributed by atoms with Gasteiger partial charge in [0.05, 0.1) is 6.42 Å². The summed E-state index contributed by atoms with van der Waals surface area (Å²) in [4.78, 5) is 25.2. The van der Waals surface area contributed by atoms with E-state index in [-0.39, 0.29) is 17.9 Å². The molecule has 1 aromatic heterocycles. The Hall–Kier alpha value is -2.37. The largest absolute Gasteiger partial charge is 0.481 e. The van der Waals surface area contributed by atoms with Crippen molar-refractivity contribution in [2.75, 3.05) is 0 Å². The van der Waals surface area contributed by atoms with Gasteiger partial charge in [-0.1, -0.05) is 0 Å². The lowest BCUT2D eigenvalue weighted by atomic mass is 10.2. The van der Waals surface area contributed by atoms with Gasteiger partial charge < -0.3 is 15.4 Å². The molecule has 0 aliphatic heterocycles. The zero-order valence-corrected chi connectivity index (χ0v) is 10.2. The minimum atomic E-state index is -0.980. The van der Waals surface area contributed by atoms with Gasteiger partial charge in [-0.3, -0.25) is 9.59 Å². The number of nitrogens with one attached hydrogen (secondary N) is 2. The van der Waals surface area contributed by atoms with E-state index in [0.717, 1.165) is 0 Å². The highest BCUT2D eigenvalue weighted by Gasteiger charge is 2.14. The SMILES string of the molecule is CC(CC(=O)O)NC(=O)c1cc2cc(F)ccc2[nH]1. The monoisotopic (exact) mass is 264 g/mol. The number of rotatable bonds is 4. The fraction of sp³-hybridized carbons (Fsp3) is 0.231. The number of aromatic nitrogens is 1. The van der Waals surface area contributed by atoms with E-state index < -0.39 is 17.9 Å². The summed E-state index contributed by atoms with van der Waals surface area (Å²) in [5, 5.41) is 11.8. The molecule has 0 aliphatic rings. The Bertz CT molecular complexity index is 636. The van der Waals surface area contributed by atoms with Crippen molar-refractivity contribution < 1.29 is 19.1 Å². The van der Waals surface area contributed by atoms with Gasteiger partial charge in [0.15, 0.2) is 0 Å². The summed E-state index contributed by atoms with van der Waals surface area (Å²) in [7, 11) is 0. The first-order chi connectivity index (χ1) is 8.95. The number of aromatic amines is 1. The Morgan fingerprint density at radius 1 is 1.42 bits per heavy atom. The van der Waals surface area contributed by atoms with E-state index >= 15 is 0 Å². The van der Waals surface area contributed by atoms with Crippen molar-refractivity contribution in [2.24, 2.45) is 0 Å². The average molecular weight is 264 g/mol. The Labute approximate surface area is 108 Å². The van der Waals surface area contributed by atoms with Gasteiger partial charge >= 0.3 is 5.97 Å². The third-order valence-corrected chi connectivity index (χ3v) is 2.69. The third kappa shape index (κ3) is 3.09. The van der Waals surface area contributed by atoms with Gasteiger partial charge in [-0.15, -0.1) is 0 Å². The Morgan fingerprint density at radius 3 is 2.84 bits per heavy atom. The van der Waals surface area contributed by atoms with Crippen LogP contribution >= 0.6 is 0 Å². The van der Waals surface area contributed by atoms with E-state index in [0.29, 0.717) is 10.9 Å². The van der Waals surface area contributed by atoms with Crippen molar-refractivity contribution in [2.45, 2.75) is 19.4 Å². The highest BCUT2D eigenvalue weighted by molar-refractivity contribution is 5.98. The van der Waals surface area contributed by atoms with E-state index in [1.54, 1.807) is 13.0 Å². The average Bonchev–Trinajstić information content (AvgIpc) is 2.70. The Morgan fingerprint density at radius 2 is 2.16 bits per heavy atom. The van der Waals surface area contributed by atoms with Crippen LogP contribution in [0.2, 0.25) is 0 Å². The number of amides is 1. The lowest BCUT2D eigenvalue weighted by molar-refractivity contribution is -0.137. The molecule has 0 aliphatic carbocycles. The maximum atomic E-state index is 13.0. The van der Waals surface area contributed by atoms with Crippen LogP contribution in [0.15, 0.2) is 24.3 Å². The molecule has 0 saturated carbocycles. The van der Waals surface area contributed by atoms with E-state index in [1.807, 2.05) is 0 Å². The van der Waals surface area contributed by atoms with Gasteiger partial charge in [-0.25, -0.2) is 4.39 Å². The normalized spacial score (nSPS) is 12.3. The molecule has 3 N–H and O–H groups in total. The lowest BCUT2D eigenvalue weighted by Gasteiger charge is -2.10. The van der Waals surface area contributed by atoms with Crippen LogP contribution in [0.25, 0.3) is 10.9 Å². The number of hydrogen-bond donors (Lipinski definition) is 3. The van der Waals surface area contributed by atoms with Crippen LogP contribution < -0.4 is 5.32 Å². The first-order valence-electron chi connectivity index (χ1n) is 5.76. The Kier molecular flexibility index (Phi) is 3.50. The molecule has 1 unspecified atom stereocenters. The van der Waals surface area contributed by atoms with Crippen molar-refractivity contribution in [3.8, 4) is 0 Å². The van der Waals surface area contributed by atoms with E-state index in [9.17, 15) is 14.0 Å². The zero-order chi connectivity index (χ0) is 14.0. The van der Waals surface area contributed by atoms with Gasteiger partial charge in [0, 0.05) is 16.9 Å². The fourth-order valence-corrected chi connectivity index (χ4v) is 1.84. The molecule has 1 aromatic carbocycles. The number of carboxylic acids is 1. The highest BCUT2D eigenvalue weighted by Crippen LogP contribution is 2.16. The predicted octanol–water partition coefficient (Wildman–Crippen LogP) is 1.90. The molecule has 2 rings (SSSR count). The van der Waals surface area contributed by atoms with E-state index in [4.69, 9.17) is 5.11 Å². The summed E-state index contributed by atoms with van der Waals surface area (Å²) in [6, 6.07) is 5.22. The van der Waals surface area contributed by atoms with Gasteiger partial charge in [-0.2, -0.15) is 0 Å². The van der Waals surface area contributed by atoms with Crippen molar-refractivity contribution in [1.29, 1.82) is 0 Å². The van der Waals surface area contributed by atoms with Gasteiger partial charge in [0.25, 0.3) is 5.91 Å². The molecule has 6 heteroatoms. The minimum absolute atomic E-state index is 0.152. The molecule has 2 aromatic rings. The van der Waals surface area contributed by atoms with Gasteiger partial charge in [0.2, 0.25) is 0 Å². The quantitative estimate of drug-likeness (QED) is 0.788. The molecule has 19 heavy (non-hydrogen) atoms. The molecule has 1 amide bonds. The molecule has 100 valence electrons. The summed E-state index contributed by atoms with van der Waals surface area (Å²) in [6.07, 6.45) is -0.152. The topological polar surface area (TPSA) is 82.2 Å². The molecule has 1 atom stereocenters. The molecule has 5 nitrogen and oxygen atoms in total. The van der Waals surface area contributed by atoms with Crippen molar-refractivity contribution in [3.05, 3.63) is 35.8 Å². The lowest BCUT2D eigenvalue weighted by Crippen LogP contribution is -2.34. The van der Waals surface area contributed by atoms with Gasteiger partial charge in [0.1, 0.15) is 11.5 Å². The number of H-pyrrole nitrogens is 1. The smallest absolute Gasteiger partial charge is 0.305 e. The number of aliphatic carboxylic acids is 1. The standard InChI is InChI=1S/C13H13FN2O3/c1-7(4-12(17)18)15-13(19)11-6-8-5-9(14)2-3-10(8)16-11/h2-3,5-7,16H,4H2,1H3,(H,15,19)(H,17,18). The molecule has 0 radical (unpaired) electrons. The van der Waals surface area contributed by atoms with Crippen LogP contribution in [-0.2, 0) is 4.79 Å². The fourth-order valence-electron chi connectivity index (χ4n) is 1.84. The van der Waals surface area contributed by atoms with Crippen molar-refractivity contribution in [3.63, 3.8) is 0 Å². The molecule has 0 spiro atoms. The van der Waals surface area contributed by atoms with Crippen LogP contribution in [0.4, 0.5) is 4.39 Å². The van der Waals surface area contributed by atoms with Crippen molar-refractivity contribution in [1.82, 2.24) is 10.3 Å². The summed E-state index contributed by atoms with van der Waals surface area (Å²) >= 11 is 0. The number of carbonyl (C=O) groups excluding carboxylic acids is 1. The summed E-state index contributed by atoms with van der Waals surface area (Å²) < 4.78 is 13.0. The molecule has 0 fully saturated rings. The number of halogens is 1. The van der Waals surface area contributed by atoms with Crippen LogP contribution in [0.3, 0.4) is 0 Å². The van der Waals surface area contributed by atoms with Crippen LogP contribution in [-0.4, -0.2) is 28.0 Å². The first kappa shape index (κ1) is 13.1.